The second-order valence-corrected chi connectivity index (χ2v) is 6.24. The number of carboxylic acids is 1. The molecule has 2 aromatic carbocycles. The van der Waals surface area contributed by atoms with Crippen LogP contribution in [0.3, 0.4) is 0 Å². The predicted octanol–water partition coefficient (Wildman–Crippen LogP) is 2.21. The van der Waals surface area contributed by atoms with Crippen LogP contribution in [0.5, 0.6) is 5.75 Å². The fourth-order valence-corrected chi connectivity index (χ4v) is 2.98. The Kier molecular flexibility index (Phi) is 8.05. The number of carboxylic acid groups (broad SMARTS) is 1. The average molecular weight is 348 g/mol. The number of aliphatic carboxylic acids is 1. The fourth-order valence-electron chi connectivity index (χ4n) is 2.98. The molecule has 0 aliphatic carbocycles. The van der Waals surface area contributed by atoms with Gasteiger partial charge in [0.15, 0.2) is 0 Å². The molecule has 0 atom stereocenters. The summed E-state index contributed by atoms with van der Waals surface area (Å²) in [5.74, 6) is 0.140. The first-order chi connectivity index (χ1) is 12.2. The standard InChI is InChI=1S/C20H24N2O3.Li.H/c23-20(24)10-11-21-12-14-22(15-13-21)18-6-8-19(9-7-18)25-16-17-4-2-1-3-5-17;;/h1-9H,10-16H2,(H,23,24);;. The summed E-state index contributed by atoms with van der Waals surface area (Å²) >= 11 is 0. The Hall–Kier alpha value is -1.93. The third-order valence-electron chi connectivity index (χ3n) is 4.46. The quantitative estimate of drug-likeness (QED) is 0.778. The summed E-state index contributed by atoms with van der Waals surface area (Å²) in [5, 5.41) is 8.77. The molecule has 0 unspecified atom stereocenters. The van der Waals surface area contributed by atoms with Crippen molar-refractivity contribution in [1.29, 1.82) is 0 Å². The summed E-state index contributed by atoms with van der Waals surface area (Å²) in [5.41, 5.74) is 2.34. The number of nitrogens with zero attached hydrogens (tertiary/aromatic N) is 2. The number of piperazine rings is 1. The van der Waals surface area contributed by atoms with E-state index in [1.54, 1.807) is 0 Å². The van der Waals surface area contributed by atoms with Gasteiger partial charge in [0.25, 0.3) is 0 Å². The van der Waals surface area contributed by atoms with E-state index >= 15 is 0 Å². The molecule has 2 aromatic rings. The van der Waals surface area contributed by atoms with Gasteiger partial charge in [0, 0.05) is 38.4 Å². The van der Waals surface area contributed by atoms with Crippen molar-refractivity contribution < 1.29 is 14.6 Å². The zero-order valence-corrected chi connectivity index (χ0v) is 14.3. The van der Waals surface area contributed by atoms with Crippen molar-refractivity contribution in [2.75, 3.05) is 37.6 Å². The Labute approximate surface area is 166 Å². The second kappa shape index (κ2) is 10.3. The van der Waals surface area contributed by atoms with E-state index in [0.29, 0.717) is 13.2 Å². The maximum atomic E-state index is 10.7. The van der Waals surface area contributed by atoms with Crippen LogP contribution in [0.1, 0.15) is 12.0 Å². The van der Waals surface area contributed by atoms with Crippen molar-refractivity contribution in [2.24, 2.45) is 0 Å². The molecule has 1 saturated heterocycles. The van der Waals surface area contributed by atoms with Crippen molar-refractivity contribution in [3.8, 4) is 5.75 Å². The third kappa shape index (κ3) is 6.10. The molecule has 1 aliphatic heterocycles. The van der Waals surface area contributed by atoms with Crippen LogP contribution >= 0.6 is 0 Å². The molecular formula is C20H25LiN2O3. The number of anilines is 1. The van der Waals surface area contributed by atoms with Crippen molar-refractivity contribution in [3.63, 3.8) is 0 Å². The zero-order valence-electron chi connectivity index (χ0n) is 14.3. The van der Waals surface area contributed by atoms with Crippen LogP contribution in [0.15, 0.2) is 54.6 Å². The molecule has 1 aliphatic rings. The normalized spacial score (nSPS) is 14.5. The van der Waals surface area contributed by atoms with Gasteiger partial charge in [-0.25, -0.2) is 0 Å². The molecule has 134 valence electrons. The first-order valence-electron chi connectivity index (χ1n) is 8.66. The summed E-state index contributed by atoms with van der Waals surface area (Å²) < 4.78 is 5.82. The number of rotatable bonds is 7. The van der Waals surface area contributed by atoms with Crippen LogP contribution in [0.2, 0.25) is 0 Å². The Morgan fingerprint density at radius 1 is 0.962 bits per heavy atom. The average Bonchev–Trinajstić information content (AvgIpc) is 2.66. The minimum atomic E-state index is -0.728. The van der Waals surface area contributed by atoms with E-state index in [-0.39, 0.29) is 25.3 Å². The maximum absolute atomic E-state index is 10.7. The number of hydrogen-bond donors (Lipinski definition) is 1. The van der Waals surface area contributed by atoms with Gasteiger partial charge in [-0.3, -0.25) is 9.69 Å². The van der Waals surface area contributed by atoms with E-state index in [1.807, 2.05) is 30.3 Å². The van der Waals surface area contributed by atoms with E-state index in [1.165, 1.54) is 5.69 Å². The van der Waals surface area contributed by atoms with Gasteiger partial charge in [0.05, 0.1) is 6.42 Å². The Morgan fingerprint density at radius 3 is 2.23 bits per heavy atom. The molecule has 0 aromatic heterocycles. The van der Waals surface area contributed by atoms with E-state index in [4.69, 9.17) is 9.84 Å². The number of carbonyl (C=O) groups is 1. The molecule has 0 spiro atoms. The van der Waals surface area contributed by atoms with Crippen molar-refractivity contribution in [1.82, 2.24) is 4.90 Å². The molecule has 0 saturated carbocycles. The molecule has 0 bridgehead atoms. The van der Waals surface area contributed by atoms with Crippen molar-refractivity contribution >= 4 is 30.5 Å². The van der Waals surface area contributed by atoms with Gasteiger partial charge in [-0.1, -0.05) is 30.3 Å². The van der Waals surface area contributed by atoms with Gasteiger partial charge < -0.3 is 14.7 Å². The van der Waals surface area contributed by atoms with Crippen LogP contribution in [0.4, 0.5) is 5.69 Å². The van der Waals surface area contributed by atoms with Crippen LogP contribution < -0.4 is 9.64 Å². The third-order valence-corrected chi connectivity index (χ3v) is 4.46. The van der Waals surface area contributed by atoms with Crippen LogP contribution in [0.25, 0.3) is 0 Å². The first kappa shape index (κ1) is 20.4. The minimum absolute atomic E-state index is 0. The molecular weight excluding hydrogens is 323 g/mol. The topological polar surface area (TPSA) is 53.0 Å². The van der Waals surface area contributed by atoms with Gasteiger partial charge in [0.2, 0.25) is 0 Å². The number of ether oxygens (including phenoxy) is 1. The Bertz CT molecular complexity index is 671. The van der Waals surface area contributed by atoms with Crippen molar-refractivity contribution in [2.45, 2.75) is 13.0 Å². The monoisotopic (exact) mass is 348 g/mol. The molecule has 1 heterocycles. The van der Waals surface area contributed by atoms with E-state index < -0.39 is 5.97 Å². The SMILES string of the molecule is O=C(O)CCN1CCN(c2ccc(OCc3ccccc3)cc2)CC1.[LiH]. The summed E-state index contributed by atoms with van der Waals surface area (Å²) in [6, 6.07) is 18.3. The van der Waals surface area contributed by atoms with E-state index in [2.05, 4.69) is 34.1 Å². The number of benzene rings is 2. The van der Waals surface area contributed by atoms with Gasteiger partial charge in [-0.15, -0.1) is 0 Å². The molecule has 26 heavy (non-hydrogen) atoms. The fraction of sp³-hybridized carbons (Fsp3) is 0.350. The van der Waals surface area contributed by atoms with Crippen LogP contribution in [0, 0.1) is 0 Å². The molecule has 0 amide bonds. The molecule has 0 radical (unpaired) electrons. The molecule has 5 nitrogen and oxygen atoms in total. The van der Waals surface area contributed by atoms with Gasteiger partial charge in [-0.05, 0) is 29.8 Å². The molecule has 1 N–H and O–H groups in total. The van der Waals surface area contributed by atoms with Crippen molar-refractivity contribution in [3.05, 3.63) is 60.2 Å². The summed E-state index contributed by atoms with van der Waals surface area (Å²) in [7, 11) is 0. The summed E-state index contributed by atoms with van der Waals surface area (Å²) in [6.07, 6.45) is 0.216. The predicted molar refractivity (Wildman–Crippen MR) is 105 cm³/mol. The Balaban J connectivity index is 0.00000243. The van der Waals surface area contributed by atoms with Gasteiger partial charge >= 0.3 is 24.8 Å². The second-order valence-electron chi connectivity index (χ2n) is 6.24. The van der Waals surface area contributed by atoms with Gasteiger partial charge in [0.1, 0.15) is 12.4 Å². The van der Waals surface area contributed by atoms with E-state index in [0.717, 1.165) is 37.5 Å². The summed E-state index contributed by atoms with van der Waals surface area (Å²) in [6.45, 7) is 4.85. The number of hydrogen-bond acceptors (Lipinski definition) is 4. The first-order valence-corrected chi connectivity index (χ1v) is 8.66. The van der Waals surface area contributed by atoms with Crippen LogP contribution in [-0.2, 0) is 11.4 Å². The molecule has 6 heteroatoms. The Morgan fingerprint density at radius 2 is 1.62 bits per heavy atom. The molecule has 3 rings (SSSR count). The zero-order chi connectivity index (χ0) is 17.5. The van der Waals surface area contributed by atoms with Gasteiger partial charge in [-0.2, -0.15) is 0 Å². The van der Waals surface area contributed by atoms with E-state index in [9.17, 15) is 4.79 Å². The molecule has 1 fully saturated rings. The summed E-state index contributed by atoms with van der Waals surface area (Å²) in [4.78, 5) is 15.2. The van der Waals surface area contributed by atoms with Crippen LogP contribution in [-0.4, -0.2) is 67.6 Å².